The van der Waals surface area contributed by atoms with Crippen LogP contribution in [-0.2, 0) is 10.5 Å². The number of esters is 1. The number of ether oxygens (including phenoxy) is 2. The summed E-state index contributed by atoms with van der Waals surface area (Å²) in [4.78, 5) is 16.5. The van der Waals surface area contributed by atoms with Gasteiger partial charge < -0.3 is 9.47 Å². The molecule has 0 bridgehead atoms. The lowest BCUT2D eigenvalue weighted by molar-refractivity contribution is -0.131. The van der Waals surface area contributed by atoms with Crippen LogP contribution in [0.15, 0.2) is 48.5 Å². The molecule has 1 heterocycles. The van der Waals surface area contributed by atoms with Crippen molar-refractivity contribution in [3.63, 3.8) is 0 Å². The molecule has 0 amide bonds. The third-order valence-corrected chi connectivity index (χ3v) is 5.21. The van der Waals surface area contributed by atoms with Crippen LogP contribution in [0.4, 0.5) is 0 Å². The van der Waals surface area contributed by atoms with Crippen LogP contribution in [0.1, 0.15) is 5.01 Å². The van der Waals surface area contributed by atoms with E-state index in [0.717, 1.165) is 10.5 Å². The minimum absolute atomic E-state index is 0.272. The van der Waals surface area contributed by atoms with Gasteiger partial charge in [-0.3, -0.25) is 4.79 Å². The number of methoxy groups -OCH3 is 1. The van der Waals surface area contributed by atoms with Crippen LogP contribution in [0.3, 0.4) is 0 Å². The number of carbonyl (C=O) groups is 1. The molecule has 3 rings (SSSR count). The van der Waals surface area contributed by atoms with Gasteiger partial charge in [-0.15, -0.1) is 23.1 Å². The number of nitrogens with zero attached hydrogens (tertiary/aromatic N) is 1. The first kappa shape index (κ1) is 15.8. The number of benzene rings is 2. The molecular formula is C17H15NO3S2. The summed E-state index contributed by atoms with van der Waals surface area (Å²) in [6.07, 6.45) is 0. The topological polar surface area (TPSA) is 48.4 Å². The molecule has 3 aromatic rings. The first-order valence-electron chi connectivity index (χ1n) is 7.02. The summed E-state index contributed by atoms with van der Waals surface area (Å²) in [5.74, 6) is 1.67. The van der Waals surface area contributed by atoms with E-state index >= 15 is 0 Å². The number of hydrogen-bond acceptors (Lipinski definition) is 6. The van der Waals surface area contributed by atoms with E-state index in [1.807, 2.05) is 24.3 Å². The second kappa shape index (κ2) is 7.48. The standard InChI is InChI=1S/C17H15NO3S2/c1-20-13-7-3-4-8-14(13)21-17(19)11-22-10-16-18-12-6-2-5-9-15(12)23-16/h2-9H,10-11H2,1H3. The highest BCUT2D eigenvalue weighted by Crippen LogP contribution is 2.27. The Morgan fingerprint density at radius 2 is 1.87 bits per heavy atom. The monoisotopic (exact) mass is 345 g/mol. The molecule has 0 radical (unpaired) electrons. The van der Waals surface area contributed by atoms with Gasteiger partial charge in [0.05, 0.1) is 23.1 Å². The van der Waals surface area contributed by atoms with Crippen molar-refractivity contribution in [1.82, 2.24) is 4.98 Å². The average molecular weight is 345 g/mol. The lowest BCUT2D eigenvalue weighted by Gasteiger charge is -2.08. The van der Waals surface area contributed by atoms with E-state index in [-0.39, 0.29) is 11.7 Å². The van der Waals surface area contributed by atoms with E-state index < -0.39 is 0 Å². The molecule has 0 fully saturated rings. The third kappa shape index (κ3) is 4.03. The number of fused-ring (bicyclic) bond motifs is 1. The Labute approximate surface area is 142 Å². The van der Waals surface area contributed by atoms with Gasteiger partial charge in [0.25, 0.3) is 0 Å². The summed E-state index contributed by atoms with van der Waals surface area (Å²) in [7, 11) is 1.55. The first-order chi connectivity index (χ1) is 11.3. The normalized spacial score (nSPS) is 10.7. The molecule has 0 spiro atoms. The van der Waals surface area contributed by atoms with Gasteiger partial charge in [-0.05, 0) is 24.3 Å². The van der Waals surface area contributed by atoms with Crippen LogP contribution in [0.5, 0.6) is 11.5 Å². The van der Waals surface area contributed by atoms with Crippen LogP contribution in [0.2, 0.25) is 0 Å². The van der Waals surface area contributed by atoms with E-state index in [2.05, 4.69) is 11.1 Å². The van der Waals surface area contributed by atoms with Crippen molar-refractivity contribution < 1.29 is 14.3 Å². The molecule has 0 N–H and O–H groups in total. The molecule has 0 aliphatic rings. The minimum atomic E-state index is -0.291. The molecule has 1 aromatic heterocycles. The maximum atomic E-state index is 11.9. The van der Waals surface area contributed by atoms with Crippen LogP contribution in [0.25, 0.3) is 10.2 Å². The number of aromatic nitrogens is 1. The van der Waals surface area contributed by atoms with Crippen LogP contribution >= 0.6 is 23.1 Å². The summed E-state index contributed by atoms with van der Waals surface area (Å²) in [6.45, 7) is 0. The molecule has 0 aliphatic heterocycles. The predicted octanol–water partition coefficient (Wildman–Crippen LogP) is 4.14. The van der Waals surface area contributed by atoms with E-state index in [1.54, 1.807) is 36.6 Å². The van der Waals surface area contributed by atoms with Gasteiger partial charge in [-0.1, -0.05) is 24.3 Å². The Morgan fingerprint density at radius 1 is 1.13 bits per heavy atom. The number of hydrogen-bond donors (Lipinski definition) is 0. The highest BCUT2D eigenvalue weighted by atomic mass is 32.2. The van der Waals surface area contributed by atoms with Crippen molar-refractivity contribution in [2.75, 3.05) is 12.9 Å². The van der Waals surface area contributed by atoms with Crippen LogP contribution in [-0.4, -0.2) is 23.8 Å². The molecule has 0 saturated carbocycles. The quantitative estimate of drug-likeness (QED) is 0.496. The Balaban J connectivity index is 1.53. The summed E-state index contributed by atoms with van der Waals surface area (Å²) in [5, 5.41) is 1.02. The maximum absolute atomic E-state index is 11.9. The Hall–Kier alpha value is -2.05. The lowest BCUT2D eigenvalue weighted by atomic mass is 10.3. The van der Waals surface area contributed by atoms with Crippen LogP contribution in [0, 0.1) is 0 Å². The van der Waals surface area contributed by atoms with Crippen molar-refractivity contribution in [2.45, 2.75) is 5.75 Å². The fraction of sp³-hybridized carbons (Fsp3) is 0.176. The van der Waals surface area contributed by atoms with Gasteiger partial charge in [-0.2, -0.15) is 0 Å². The molecule has 0 unspecified atom stereocenters. The average Bonchev–Trinajstić information content (AvgIpc) is 2.98. The number of thioether (sulfide) groups is 1. The third-order valence-electron chi connectivity index (χ3n) is 3.08. The molecule has 0 atom stereocenters. The van der Waals surface area contributed by atoms with Gasteiger partial charge in [0.2, 0.25) is 0 Å². The summed E-state index contributed by atoms with van der Waals surface area (Å²) >= 11 is 3.15. The lowest BCUT2D eigenvalue weighted by Crippen LogP contribution is -2.11. The highest BCUT2D eigenvalue weighted by molar-refractivity contribution is 7.99. The van der Waals surface area contributed by atoms with Gasteiger partial charge in [0, 0.05) is 5.75 Å². The van der Waals surface area contributed by atoms with Gasteiger partial charge in [0.15, 0.2) is 11.5 Å². The van der Waals surface area contributed by atoms with Crippen molar-refractivity contribution in [2.24, 2.45) is 0 Å². The minimum Gasteiger partial charge on any atom is -0.493 e. The Kier molecular flexibility index (Phi) is 5.15. The summed E-state index contributed by atoms with van der Waals surface area (Å²) in [5.41, 5.74) is 1.00. The van der Waals surface area contributed by atoms with Gasteiger partial charge >= 0.3 is 5.97 Å². The van der Waals surface area contributed by atoms with E-state index in [9.17, 15) is 4.79 Å². The van der Waals surface area contributed by atoms with Crippen molar-refractivity contribution in [3.8, 4) is 11.5 Å². The Bertz CT molecular complexity index is 783. The van der Waals surface area contributed by atoms with E-state index in [1.165, 1.54) is 16.5 Å². The number of rotatable bonds is 6. The SMILES string of the molecule is COc1ccccc1OC(=O)CSCc1nc2ccccc2s1. The first-order valence-corrected chi connectivity index (χ1v) is 8.99. The van der Waals surface area contributed by atoms with Gasteiger partial charge in [-0.25, -0.2) is 4.98 Å². The fourth-order valence-corrected chi connectivity index (χ4v) is 3.87. The molecule has 23 heavy (non-hydrogen) atoms. The molecule has 6 heteroatoms. The van der Waals surface area contributed by atoms with Crippen LogP contribution < -0.4 is 9.47 Å². The molecule has 0 aliphatic carbocycles. The second-order valence-electron chi connectivity index (χ2n) is 4.69. The van der Waals surface area contributed by atoms with Crippen molar-refractivity contribution in [3.05, 3.63) is 53.5 Å². The van der Waals surface area contributed by atoms with E-state index in [0.29, 0.717) is 17.3 Å². The largest absolute Gasteiger partial charge is 0.493 e. The molecular weight excluding hydrogens is 330 g/mol. The number of para-hydroxylation sites is 3. The zero-order valence-corrected chi connectivity index (χ0v) is 14.2. The smallest absolute Gasteiger partial charge is 0.321 e. The molecule has 0 saturated heterocycles. The zero-order valence-electron chi connectivity index (χ0n) is 12.5. The summed E-state index contributed by atoms with van der Waals surface area (Å²) in [6, 6.07) is 15.1. The highest BCUT2D eigenvalue weighted by Gasteiger charge is 2.10. The van der Waals surface area contributed by atoms with Gasteiger partial charge in [0.1, 0.15) is 5.01 Å². The second-order valence-corrected chi connectivity index (χ2v) is 6.79. The molecule has 2 aromatic carbocycles. The zero-order chi connectivity index (χ0) is 16.1. The predicted molar refractivity (Wildman–Crippen MR) is 94.4 cm³/mol. The van der Waals surface area contributed by atoms with Crippen molar-refractivity contribution in [1.29, 1.82) is 0 Å². The summed E-state index contributed by atoms with van der Waals surface area (Å²) < 4.78 is 11.7. The molecule has 118 valence electrons. The Morgan fingerprint density at radius 3 is 2.65 bits per heavy atom. The fourth-order valence-electron chi connectivity index (χ4n) is 2.06. The number of thiazole rings is 1. The van der Waals surface area contributed by atoms with Crippen molar-refractivity contribution >= 4 is 39.3 Å². The number of carbonyl (C=O) groups excluding carboxylic acids is 1. The maximum Gasteiger partial charge on any atom is 0.321 e. The van der Waals surface area contributed by atoms with E-state index in [4.69, 9.17) is 9.47 Å². The molecule has 4 nitrogen and oxygen atoms in total.